The summed E-state index contributed by atoms with van der Waals surface area (Å²) < 4.78 is 6.81. The highest BCUT2D eigenvalue weighted by molar-refractivity contribution is 5.81. The molecule has 7 nitrogen and oxygen atoms in total. The van der Waals surface area contributed by atoms with Crippen LogP contribution in [0.5, 0.6) is 0 Å². The molecule has 7 heteroatoms. The predicted molar refractivity (Wildman–Crippen MR) is 92.6 cm³/mol. The molecule has 1 aliphatic rings. The average Bonchev–Trinajstić information content (AvgIpc) is 3.26. The molecule has 2 unspecified atom stereocenters. The Morgan fingerprint density at radius 1 is 1.35 bits per heavy atom. The van der Waals surface area contributed by atoms with E-state index in [2.05, 4.69) is 10.1 Å². The summed E-state index contributed by atoms with van der Waals surface area (Å²) in [6.45, 7) is 3.56. The summed E-state index contributed by atoms with van der Waals surface area (Å²) in [6, 6.07) is 9.72. The highest BCUT2D eigenvalue weighted by Crippen LogP contribution is 2.58. The second kappa shape index (κ2) is 6.01. The fourth-order valence-corrected chi connectivity index (χ4v) is 3.48. The minimum atomic E-state index is -0.633. The Hall–Kier alpha value is -3.09. The van der Waals surface area contributed by atoms with E-state index < -0.39 is 17.3 Å². The lowest BCUT2D eigenvalue weighted by Crippen LogP contribution is -2.21. The molecule has 0 radical (unpaired) electrons. The van der Waals surface area contributed by atoms with Gasteiger partial charge in [-0.15, -0.1) is 5.10 Å². The van der Waals surface area contributed by atoms with Gasteiger partial charge in [0.05, 0.1) is 22.7 Å². The zero-order valence-electron chi connectivity index (χ0n) is 14.5. The fraction of sp³-hybridized carbons (Fsp3) is 0.316. The van der Waals surface area contributed by atoms with Crippen LogP contribution in [0.1, 0.15) is 29.2 Å². The lowest BCUT2D eigenvalue weighted by atomic mass is 9.92. The number of carbonyl (C=O) groups is 2. The van der Waals surface area contributed by atoms with Crippen LogP contribution >= 0.6 is 0 Å². The Labute approximate surface area is 150 Å². The standard InChI is InChI=1S/C19H18N4O3/c1-12-11-20-13(2)16-21-18(22-23(12)16)19(14-6-4-3-5-7-14)10-15(19)17(25)26-9-8-24/h3-8,11,15H,9-10H2,1-2H3. The molecule has 0 N–H and O–H groups in total. The Morgan fingerprint density at radius 2 is 2.12 bits per heavy atom. The maximum Gasteiger partial charge on any atom is 0.310 e. The van der Waals surface area contributed by atoms with E-state index in [1.165, 1.54) is 0 Å². The number of carbonyl (C=O) groups excluding carboxylic acids is 2. The molecule has 0 aliphatic heterocycles. The van der Waals surface area contributed by atoms with Gasteiger partial charge in [-0.3, -0.25) is 14.6 Å². The first kappa shape index (κ1) is 16.4. The molecule has 132 valence electrons. The number of ether oxygens (including phenoxy) is 1. The summed E-state index contributed by atoms with van der Waals surface area (Å²) in [5.74, 6) is -0.224. The summed E-state index contributed by atoms with van der Waals surface area (Å²) in [7, 11) is 0. The van der Waals surface area contributed by atoms with Gasteiger partial charge in [0.25, 0.3) is 0 Å². The number of hydrogen-bond acceptors (Lipinski definition) is 6. The number of aldehydes is 1. The van der Waals surface area contributed by atoms with E-state index in [1.54, 1.807) is 10.7 Å². The van der Waals surface area contributed by atoms with Crippen molar-refractivity contribution in [2.24, 2.45) is 5.92 Å². The number of benzene rings is 1. The molecule has 1 aliphatic carbocycles. The number of rotatable bonds is 5. The molecule has 26 heavy (non-hydrogen) atoms. The summed E-state index contributed by atoms with van der Waals surface area (Å²) in [5.41, 5.74) is 2.66. The van der Waals surface area contributed by atoms with Crippen molar-refractivity contribution in [1.29, 1.82) is 0 Å². The molecule has 1 saturated carbocycles. The molecule has 2 aromatic heterocycles. The van der Waals surface area contributed by atoms with E-state index in [0.717, 1.165) is 17.0 Å². The Morgan fingerprint density at radius 3 is 2.81 bits per heavy atom. The van der Waals surface area contributed by atoms with Gasteiger partial charge in [0.2, 0.25) is 0 Å². The molecule has 0 amide bonds. The first-order chi connectivity index (χ1) is 12.6. The van der Waals surface area contributed by atoms with Gasteiger partial charge in [-0.05, 0) is 25.8 Å². The number of nitrogens with zero attached hydrogens (tertiary/aromatic N) is 4. The van der Waals surface area contributed by atoms with Crippen LogP contribution < -0.4 is 0 Å². The van der Waals surface area contributed by atoms with Crippen LogP contribution in [-0.2, 0) is 19.7 Å². The van der Waals surface area contributed by atoms with Gasteiger partial charge >= 0.3 is 5.97 Å². The number of fused-ring (bicyclic) bond motifs is 1. The molecular weight excluding hydrogens is 332 g/mol. The molecule has 0 saturated heterocycles. The zero-order chi connectivity index (χ0) is 18.3. The summed E-state index contributed by atoms with van der Waals surface area (Å²) in [5, 5.41) is 4.68. The first-order valence-electron chi connectivity index (χ1n) is 8.43. The highest BCUT2D eigenvalue weighted by atomic mass is 16.5. The van der Waals surface area contributed by atoms with Crippen molar-refractivity contribution in [2.75, 3.05) is 6.61 Å². The van der Waals surface area contributed by atoms with Crippen molar-refractivity contribution in [3.05, 3.63) is 59.3 Å². The maximum atomic E-state index is 12.4. The minimum Gasteiger partial charge on any atom is -0.458 e. The van der Waals surface area contributed by atoms with Gasteiger partial charge in [-0.2, -0.15) is 0 Å². The lowest BCUT2D eigenvalue weighted by Gasteiger charge is -2.14. The van der Waals surface area contributed by atoms with Crippen molar-refractivity contribution in [3.8, 4) is 0 Å². The first-order valence-corrected chi connectivity index (χ1v) is 8.43. The third-order valence-electron chi connectivity index (χ3n) is 4.94. The van der Waals surface area contributed by atoms with E-state index in [0.29, 0.717) is 24.2 Å². The van der Waals surface area contributed by atoms with E-state index in [-0.39, 0.29) is 6.61 Å². The van der Waals surface area contributed by atoms with Crippen LogP contribution in [0.4, 0.5) is 0 Å². The molecule has 3 aromatic rings. The summed E-state index contributed by atoms with van der Waals surface area (Å²) in [4.78, 5) is 32.0. The number of esters is 1. The molecule has 2 heterocycles. The van der Waals surface area contributed by atoms with Crippen LogP contribution in [0.2, 0.25) is 0 Å². The molecule has 0 spiro atoms. The summed E-state index contributed by atoms with van der Waals surface area (Å²) >= 11 is 0. The second-order valence-corrected chi connectivity index (χ2v) is 6.55. The molecule has 4 rings (SSSR count). The van der Waals surface area contributed by atoms with Crippen molar-refractivity contribution in [3.63, 3.8) is 0 Å². The lowest BCUT2D eigenvalue weighted by molar-refractivity contribution is -0.147. The largest absolute Gasteiger partial charge is 0.458 e. The van der Waals surface area contributed by atoms with Crippen LogP contribution in [0.15, 0.2) is 36.5 Å². The molecule has 0 bridgehead atoms. The van der Waals surface area contributed by atoms with Gasteiger partial charge in [-0.25, -0.2) is 9.50 Å². The van der Waals surface area contributed by atoms with Crippen LogP contribution in [0.25, 0.3) is 5.65 Å². The quantitative estimate of drug-likeness (QED) is 0.515. The van der Waals surface area contributed by atoms with Crippen molar-refractivity contribution >= 4 is 17.9 Å². The predicted octanol–water partition coefficient (Wildman–Crippen LogP) is 1.79. The van der Waals surface area contributed by atoms with Crippen LogP contribution in [-0.4, -0.2) is 38.4 Å². The van der Waals surface area contributed by atoms with E-state index in [1.807, 2.05) is 44.2 Å². The normalized spacial score (nSPS) is 21.5. The monoisotopic (exact) mass is 350 g/mol. The number of aromatic nitrogens is 4. The highest BCUT2D eigenvalue weighted by Gasteiger charge is 2.64. The molecule has 2 atom stereocenters. The van der Waals surface area contributed by atoms with Crippen molar-refractivity contribution in [2.45, 2.75) is 25.7 Å². The molecule has 1 aromatic carbocycles. The second-order valence-electron chi connectivity index (χ2n) is 6.55. The van der Waals surface area contributed by atoms with Gasteiger partial charge in [-0.1, -0.05) is 30.3 Å². The van der Waals surface area contributed by atoms with E-state index in [4.69, 9.17) is 9.72 Å². The van der Waals surface area contributed by atoms with E-state index in [9.17, 15) is 9.59 Å². The summed E-state index contributed by atoms with van der Waals surface area (Å²) in [6.07, 6.45) is 2.88. The fourth-order valence-electron chi connectivity index (χ4n) is 3.48. The SMILES string of the molecule is Cc1ncc(C)n2nc(C3(c4ccccc4)CC3C(=O)OCC=O)nc12. The Kier molecular flexibility index (Phi) is 3.79. The number of hydrogen-bond donors (Lipinski definition) is 0. The Bertz CT molecular complexity index is 960. The minimum absolute atomic E-state index is 0.235. The number of aryl methyl sites for hydroxylation is 2. The molecule has 1 fully saturated rings. The third kappa shape index (κ3) is 2.39. The van der Waals surface area contributed by atoms with Crippen molar-refractivity contribution < 1.29 is 14.3 Å². The maximum absolute atomic E-state index is 12.4. The van der Waals surface area contributed by atoms with Crippen molar-refractivity contribution in [1.82, 2.24) is 19.6 Å². The van der Waals surface area contributed by atoms with Gasteiger partial charge in [0.15, 0.2) is 17.8 Å². The van der Waals surface area contributed by atoms with Gasteiger partial charge in [0, 0.05) is 6.20 Å². The molecular formula is C19H18N4O3. The smallest absolute Gasteiger partial charge is 0.310 e. The van der Waals surface area contributed by atoms with Crippen LogP contribution in [0.3, 0.4) is 0 Å². The Balaban J connectivity index is 1.83. The van der Waals surface area contributed by atoms with Crippen LogP contribution in [0, 0.1) is 19.8 Å². The van der Waals surface area contributed by atoms with Gasteiger partial charge < -0.3 is 4.74 Å². The van der Waals surface area contributed by atoms with Gasteiger partial charge in [0.1, 0.15) is 6.61 Å². The zero-order valence-corrected chi connectivity index (χ0v) is 14.5. The average molecular weight is 350 g/mol. The van der Waals surface area contributed by atoms with E-state index >= 15 is 0 Å². The third-order valence-corrected chi connectivity index (χ3v) is 4.94. The topological polar surface area (TPSA) is 86.5 Å².